The van der Waals surface area contributed by atoms with Gasteiger partial charge in [-0.3, -0.25) is 4.98 Å². The maximum atomic E-state index is 6.02. The number of hydrogen-bond donors (Lipinski definition) is 0. The van der Waals surface area contributed by atoms with Gasteiger partial charge in [0.05, 0.1) is 6.61 Å². The minimum atomic E-state index is 0.387. The number of benzene rings is 1. The van der Waals surface area contributed by atoms with Crippen LogP contribution in [0.5, 0.6) is 5.88 Å². The second kappa shape index (κ2) is 5.84. The van der Waals surface area contributed by atoms with Gasteiger partial charge in [0.15, 0.2) is 5.15 Å². The molecule has 0 spiro atoms. The van der Waals surface area contributed by atoms with E-state index in [9.17, 15) is 0 Å². The molecular formula is C15H12ClN3O. The molecule has 0 N–H and O–H groups in total. The highest BCUT2D eigenvalue weighted by Gasteiger charge is 2.08. The van der Waals surface area contributed by atoms with E-state index in [1.807, 2.05) is 42.5 Å². The van der Waals surface area contributed by atoms with Crippen molar-refractivity contribution in [1.82, 2.24) is 15.2 Å². The average Bonchev–Trinajstić information content (AvgIpc) is 2.51. The van der Waals surface area contributed by atoms with Crippen molar-refractivity contribution in [2.75, 3.05) is 6.61 Å². The van der Waals surface area contributed by atoms with Crippen LogP contribution in [0.2, 0.25) is 5.15 Å². The molecule has 0 aliphatic heterocycles. The van der Waals surface area contributed by atoms with Gasteiger partial charge in [-0.1, -0.05) is 35.9 Å². The number of halogens is 1. The number of nitrogens with zero attached hydrogens (tertiary/aromatic N) is 3. The van der Waals surface area contributed by atoms with Crippen LogP contribution in [0.25, 0.3) is 10.8 Å². The topological polar surface area (TPSA) is 47.9 Å². The monoisotopic (exact) mass is 285 g/mol. The lowest BCUT2D eigenvalue weighted by molar-refractivity contribution is 0.309. The summed E-state index contributed by atoms with van der Waals surface area (Å²) in [6.07, 6.45) is 2.49. The minimum Gasteiger partial charge on any atom is -0.476 e. The zero-order chi connectivity index (χ0) is 13.8. The third-order valence-electron chi connectivity index (χ3n) is 2.93. The number of pyridine rings is 1. The van der Waals surface area contributed by atoms with Crippen LogP contribution in [0, 0.1) is 0 Å². The molecule has 0 unspecified atom stereocenters. The van der Waals surface area contributed by atoms with Crippen molar-refractivity contribution in [1.29, 1.82) is 0 Å². The smallest absolute Gasteiger partial charge is 0.241 e. The summed E-state index contributed by atoms with van der Waals surface area (Å²) in [7, 11) is 0. The van der Waals surface area contributed by atoms with Crippen LogP contribution < -0.4 is 4.74 Å². The van der Waals surface area contributed by atoms with Crippen LogP contribution in [0.1, 0.15) is 5.69 Å². The summed E-state index contributed by atoms with van der Waals surface area (Å²) < 4.78 is 5.71. The first-order valence-corrected chi connectivity index (χ1v) is 6.66. The molecule has 0 fully saturated rings. The lowest BCUT2D eigenvalue weighted by Gasteiger charge is -2.07. The van der Waals surface area contributed by atoms with Crippen LogP contribution in [0.15, 0.2) is 48.7 Å². The molecular weight excluding hydrogens is 274 g/mol. The molecule has 2 aromatic heterocycles. The van der Waals surface area contributed by atoms with Gasteiger partial charge in [0, 0.05) is 29.1 Å². The van der Waals surface area contributed by atoms with Crippen LogP contribution in [0.4, 0.5) is 0 Å². The number of aromatic nitrogens is 3. The van der Waals surface area contributed by atoms with E-state index in [0.717, 1.165) is 22.9 Å². The normalized spacial score (nSPS) is 10.7. The predicted molar refractivity (Wildman–Crippen MR) is 78.0 cm³/mol. The molecule has 1 aromatic carbocycles. The van der Waals surface area contributed by atoms with Crippen molar-refractivity contribution in [3.8, 4) is 5.88 Å². The fraction of sp³-hybridized carbons (Fsp3) is 0.133. The molecule has 0 amide bonds. The Balaban J connectivity index is 1.77. The van der Waals surface area contributed by atoms with Gasteiger partial charge in [0.2, 0.25) is 5.88 Å². The molecule has 0 aliphatic rings. The molecule has 0 atom stereocenters. The first kappa shape index (κ1) is 12.8. The zero-order valence-electron chi connectivity index (χ0n) is 10.7. The van der Waals surface area contributed by atoms with Gasteiger partial charge in [-0.25, -0.2) is 0 Å². The van der Waals surface area contributed by atoms with Gasteiger partial charge in [0.25, 0.3) is 0 Å². The van der Waals surface area contributed by atoms with E-state index in [1.165, 1.54) is 0 Å². The van der Waals surface area contributed by atoms with E-state index < -0.39 is 0 Å². The van der Waals surface area contributed by atoms with Crippen molar-refractivity contribution in [2.45, 2.75) is 6.42 Å². The fourth-order valence-corrected chi connectivity index (χ4v) is 2.15. The van der Waals surface area contributed by atoms with E-state index in [-0.39, 0.29) is 0 Å². The van der Waals surface area contributed by atoms with Crippen LogP contribution in [-0.2, 0) is 6.42 Å². The second-order valence-corrected chi connectivity index (χ2v) is 4.62. The van der Waals surface area contributed by atoms with E-state index in [2.05, 4.69) is 15.2 Å². The Hall–Kier alpha value is -2.20. The Morgan fingerprint density at radius 3 is 2.55 bits per heavy atom. The Bertz CT molecular complexity index is 719. The standard InChI is InChI=1S/C15H12ClN3O/c16-14-12-6-1-2-7-13(12)15(19-18-14)20-10-8-11-5-3-4-9-17-11/h1-7,9H,8,10H2. The Morgan fingerprint density at radius 2 is 1.75 bits per heavy atom. The molecule has 0 saturated carbocycles. The number of rotatable bonds is 4. The van der Waals surface area contributed by atoms with Crippen molar-refractivity contribution in [2.24, 2.45) is 0 Å². The third kappa shape index (κ3) is 2.70. The lowest BCUT2D eigenvalue weighted by atomic mass is 10.2. The summed E-state index contributed by atoms with van der Waals surface area (Å²) in [5, 5.41) is 10.0. The van der Waals surface area contributed by atoms with Crippen molar-refractivity contribution < 1.29 is 4.74 Å². The predicted octanol–water partition coefficient (Wildman–Crippen LogP) is 3.30. The van der Waals surface area contributed by atoms with Crippen molar-refractivity contribution in [3.05, 3.63) is 59.5 Å². The molecule has 0 saturated heterocycles. The van der Waals surface area contributed by atoms with Crippen molar-refractivity contribution in [3.63, 3.8) is 0 Å². The Kier molecular flexibility index (Phi) is 3.74. The lowest BCUT2D eigenvalue weighted by Crippen LogP contribution is -2.05. The third-order valence-corrected chi connectivity index (χ3v) is 3.21. The molecule has 2 heterocycles. The Morgan fingerprint density at radius 1 is 0.950 bits per heavy atom. The molecule has 4 nitrogen and oxygen atoms in total. The highest BCUT2D eigenvalue weighted by molar-refractivity contribution is 6.34. The van der Waals surface area contributed by atoms with E-state index in [1.54, 1.807) is 6.20 Å². The highest BCUT2D eigenvalue weighted by atomic mass is 35.5. The maximum Gasteiger partial charge on any atom is 0.241 e. The molecule has 0 bridgehead atoms. The van der Waals surface area contributed by atoms with Gasteiger partial charge in [-0.05, 0) is 18.2 Å². The molecule has 20 heavy (non-hydrogen) atoms. The zero-order valence-corrected chi connectivity index (χ0v) is 11.4. The van der Waals surface area contributed by atoms with E-state index in [0.29, 0.717) is 17.6 Å². The van der Waals surface area contributed by atoms with Gasteiger partial charge in [-0.2, -0.15) is 0 Å². The SMILES string of the molecule is Clc1nnc(OCCc2ccccn2)c2ccccc12. The number of fused-ring (bicyclic) bond motifs is 1. The van der Waals surface area contributed by atoms with Crippen LogP contribution in [0.3, 0.4) is 0 Å². The average molecular weight is 286 g/mol. The van der Waals surface area contributed by atoms with Gasteiger partial charge < -0.3 is 4.74 Å². The first-order chi connectivity index (χ1) is 9.84. The van der Waals surface area contributed by atoms with Crippen LogP contribution >= 0.6 is 11.6 Å². The van der Waals surface area contributed by atoms with Crippen molar-refractivity contribution >= 4 is 22.4 Å². The Labute approximate surface area is 121 Å². The van der Waals surface area contributed by atoms with Gasteiger partial charge in [0.1, 0.15) is 0 Å². The molecule has 3 aromatic rings. The summed E-state index contributed by atoms with van der Waals surface area (Å²) in [6.45, 7) is 0.497. The molecule has 100 valence electrons. The molecule has 0 radical (unpaired) electrons. The molecule has 3 rings (SSSR count). The minimum absolute atomic E-state index is 0.387. The quantitative estimate of drug-likeness (QED) is 0.738. The van der Waals surface area contributed by atoms with E-state index >= 15 is 0 Å². The van der Waals surface area contributed by atoms with Gasteiger partial charge in [-0.15, -0.1) is 10.2 Å². The fourth-order valence-electron chi connectivity index (χ4n) is 1.95. The maximum absolute atomic E-state index is 6.02. The summed E-state index contributed by atoms with van der Waals surface area (Å²) in [6, 6.07) is 13.5. The number of hydrogen-bond acceptors (Lipinski definition) is 4. The highest BCUT2D eigenvalue weighted by Crippen LogP contribution is 2.26. The summed E-state index contributed by atoms with van der Waals surface area (Å²) in [4.78, 5) is 4.25. The van der Waals surface area contributed by atoms with E-state index in [4.69, 9.17) is 16.3 Å². The largest absolute Gasteiger partial charge is 0.476 e. The summed E-state index contributed by atoms with van der Waals surface area (Å²) in [5.41, 5.74) is 0.985. The van der Waals surface area contributed by atoms with Crippen LogP contribution in [-0.4, -0.2) is 21.8 Å². The summed E-state index contributed by atoms with van der Waals surface area (Å²) in [5.74, 6) is 0.501. The summed E-state index contributed by atoms with van der Waals surface area (Å²) >= 11 is 6.02. The first-order valence-electron chi connectivity index (χ1n) is 6.28. The molecule has 0 aliphatic carbocycles. The number of ether oxygens (including phenoxy) is 1. The molecule has 5 heteroatoms. The second-order valence-electron chi connectivity index (χ2n) is 4.26. The van der Waals surface area contributed by atoms with Gasteiger partial charge >= 0.3 is 0 Å².